The first kappa shape index (κ1) is 14.4. The molecular weight excluding hydrogens is 348 g/mol. The summed E-state index contributed by atoms with van der Waals surface area (Å²) >= 11 is 4.97. The Morgan fingerprint density at radius 3 is 2.71 bits per heavy atom. The van der Waals surface area contributed by atoms with E-state index in [9.17, 15) is 5.11 Å². The molecule has 0 saturated carbocycles. The molecule has 0 fully saturated rings. The zero-order valence-electron chi connectivity index (χ0n) is 11.1. The molecule has 3 aromatic rings. The number of pyridine rings is 1. The Morgan fingerprint density at radius 2 is 1.95 bits per heavy atom. The second-order valence-electron chi connectivity index (χ2n) is 4.58. The van der Waals surface area contributed by atoms with Crippen molar-refractivity contribution in [1.29, 1.82) is 0 Å². The normalized spacial score (nSPS) is 12.3. The molecule has 0 radical (unpaired) electrons. The Hall–Kier alpha value is -1.56. The van der Waals surface area contributed by atoms with Gasteiger partial charge in [-0.25, -0.2) is 4.98 Å². The Morgan fingerprint density at radius 1 is 1.14 bits per heavy atom. The van der Waals surface area contributed by atoms with Gasteiger partial charge in [-0.2, -0.15) is 0 Å². The summed E-state index contributed by atoms with van der Waals surface area (Å²) in [5.41, 5.74) is 2.69. The van der Waals surface area contributed by atoms with E-state index in [1.165, 1.54) is 0 Å². The summed E-state index contributed by atoms with van der Waals surface area (Å²) in [6, 6.07) is 13.7. The third-order valence-electron chi connectivity index (χ3n) is 3.09. The molecule has 106 valence electrons. The molecule has 1 unspecified atom stereocenters. The first-order valence-electron chi connectivity index (χ1n) is 6.52. The number of thiazole rings is 1. The average molecular weight is 361 g/mol. The van der Waals surface area contributed by atoms with Crippen molar-refractivity contribution in [2.24, 2.45) is 0 Å². The Labute approximate surface area is 135 Å². The van der Waals surface area contributed by atoms with E-state index in [0.29, 0.717) is 12.1 Å². The number of benzene rings is 1. The fourth-order valence-corrected chi connectivity index (χ4v) is 3.41. The number of halogens is 1. The number of nitrogens with zero attached hydrogens (tertiary/aromatic N) is 2. The fourth-order valence-electron chi connectivity index (χ4n) is 2.05. The molecule has 0 spiro atoms. The summed E-state index contributed by atoms with van der Waals surface area (Å²) in [5.74, 6) is 0. The van der Waals surface area contributed by atoms with E-state index in [2.05, 4.69) is 25.9 Å². The van der Waals surface area contributed by atoms with Crippen LogP contribution < -0.4 is 0 Å². The van der Waals surface area contributed by atoms with Crippen LogP contribution >= 0.6 is 27.3 Å². The van der Waals surface area contributed by atoms with Gasteiger partial charge in [0.05, 0.1) is 16.4 Å². The van der Waals surface area contributed by atoms with E-state index in [-0.39, 0.29) is 0 Å². The minimum absolute atomic E-state index is 0.465. The van der Waals surface area contributed by atoms with Crippen LogP contribution in [0.25, 0.3) is 11.3 Å². The van der Waals surface area contributed by atoms with Crippen molar-refractivity contribution in [3.8, 4) is 11.3 Å². The van der Waals surface area contributed by atoms with E-state index < -0.39 is 6.10 Å². The van der Waals surface area contributed by atoms with Gasteiger partial charge >= 0.3 is 0 Å². The van der Waals surface area contributed by atoms with Crippen LogP contribution in [0.3, 0.4) is 0 Å². The molecule has 3 nitrogen and oxygen atoms in total. The molecular formula is C16H13BrN2OS. The summed E-state index contributed by atoms with van der Waals surface area (Å²) in [7, 11) is 0. The fraction of sp³-hybridized carbons (Fsp3) is 0.125. The maximum absolute atomic E-state index is 10.3. The van der Waals surface area contributed by atoms with Crippen molar-refractivity contribution in [1.82, 2.24) is 9.97 Å². The van der Waals surface area contributed by atoms with Gasteiger partial charge in [-0.15, -0.1) is 11.3 Å². The zero-order valence-corrected chi connectivity index (χ0v) is 13.5. The van der Waals surface area contributed by atoms with Crippen molar-refractivity contribution >= 4 is 27.3 Å². The topological polar surface area (TPSA) is 46.0 Å². The number of hydrogen-bond acceptors (Lipinski definition) is 4. The van der Waals surface area contributed by atoms with E-state index in [1.54, 1.807) is 17.5 Å². The SMILES string of the molecule is OC(Cc1nc(-c2ccccc2)cs1)c1ncccc1Br. The molecule has 5 heteroatoms. The standard InChI is InChI=1S/C16H13BrN2OS/c17-12-7-4-8-18-16(12)14(20)9-15-19-13(10-21-15)11-5-2-1-3-6-11/h1-8,10,14,20H,9H2. The van der Waals surface area contributed by atoms with Gasteiger partial charge in [-0.05, 0) is 28.1 Å². The second-order valence-corrected chi connectivity index (χ2v) is 6.38. The molecule has 0 saturated heterocycles. The molecule has 1 N–H and O–H groups in total. The van der Waals surface area contributed by atoms with Crippen LogP contribution in [0.15, 0.2) is 58.5 Å². The van der Waals surface area contributed by atoms with Gasteiger partial charge in [-0.1, -0.05) is 30.3 Å². The lowest BCUT2D eigenvalue weighted by molar-refractivity contribution is 0.172. The van der Waals surface area contributed by atoms with Crippen LogP contribution in [0.1, 0.15) is 16.8 Å². The third kappa shape index (κ3) is 3.37. The van der Waals surface area contributed by atoms with Gasteiger partial charge in [0.15, 0.2) is 0 Å². The van der Waals surface area contributed by atoms with Crippen LogP contribution in [-0.2, 0) is 6.42 Å². The quantitative estimate of drug-likeness (QED) is 0.756. The highest BCUT2D eigenvalue weighted by atomic mass is 79.9. The molecule has 1 aromatic carbocycles. The van der Waals surface area contributed by atoms with Crippen LogP contribution in [0.2, 0.25) is 0 Å². The molecule has 1 atom stereocenters. The van der Waals surface area contributed by atoms with Crippen molar-refractivity contribution in [2.45, 2.75) is 12.5 Å². The molecule has 0 bridgehead atoms. The Bertz CT molecular complexity index is 730. The number of aliphatic hydroxyl groups is 1. The highest BCUT2D eigenvalue weighted by Gasteiger charge is 2.15. The van der Waals surface area contributed by atoms with Gasteiger partial charge in [0.25, 0.3) is 0 Å². The van der Waals surface area contributed by atoms with Gasteiger partial charge in [0.1, 0.15) is 6.10 Å². The van der Waals surface area contributed by atoms with E-state index in [1.807, 2.05) is 47.8 Å². The average Bonchev–Trinajstić information content (AvgIpc) is 2.97. The lowest BCUT2D eigenvalue weighted by Gasteiger charge is -2.09. The molecule has 2 heterocycles. The predicted molar refractivity (Wildman–Crippen MR) is 88.2 cm³/mol. The highest BCUT2D eigenvalue weighted by Crippen LogP contribution is 2.27. The molecule has 0 amide bonds. The van der Waals surface area contributed by atoms with E-state index in [0.717, 1.165) is 20.7 Å². The first-order valence-corrected chi connectivity index (χ1v) is 8.19. The summed E-state index contributed by atoms with van der Waals surface area (Å²) in [4.78, 5) is 8.81. The Kier molecular flexibility index (Phi) is 4.43. The lowest BCUT2D eigenvalue weighted by Crippen LogP contribution is -2.04. The van der Waals surface area contributed by atoms with Gasteiger partial charge in [0, 0.05) is 28.0 Å². The Balaban J connectivity index is 1.77. The second kappa shape index (κ2) is 6.47. The van der Waals surface area contributed by atoms with Gasteiger partial charge < -0.3 is 5.11 Å². The molecule has 0 aliphatic carbocycles. The largest absolute Gasteiger partial charge is 0.386 e. The molecule has 21 heavy (non-hydrogen) atoms. The maximum atomic E-state index is 10.3. The molecule has 0 aliphatic heterocycles. The van der Waals surface area contributed by atoms with Crippen molar-refractivity contribution in [2.75, 3.05) is 0 Å². The van der Waals surface area contributed by atoms with Gasteiger partial charge in [-0.3, -0.25) is 4.98 Å². The number of aliphatic hydroxyl groups excluding tert-OH is 1. The smallest absolute Gasteiger partial charge is 0.103 e. The number of aromatic nitrogens is 2. The monoisotopic (exact) mass is 360 g/mol. The van der Waals surface area contributed by atoms with Crippen LogP contribution in [0.4, 0.5) is 0 Å². The van der Waals surface area contributed by atoms with Gasteiger partial charge in [0.2, 0.25) is 0 Å². The first-order chi connectivity index (χ1) is 10.2. The van der Waals surface area contributed by atoms with Crippen molar-refractivity contribution < 1.29 is 5.11 Å². The van der Waals surface area contributed by atoms with Crippen LogP contribution in [0.5, 0.6) is 0 Å². The zero-order chi connectivity index (χ0) is 14.7. The minimum Gasteiger partial charge on any atom is -0.386 e. The molecule has 2 aromatic heterocycles. The summed E-state index contributed by atoms with van der Waals surface area (Å²) < 4.78 is 0.817. The highest BCUT2D eigenvalue weighted by molar-refractivity contribution is 9.10. The van der Waals surface area contributed by atoms with E-state index >= 15 is 0 Å². The molecule has 3 rings (SSSR count). The summed E-state index contributed by atoms with van der Waals surface area (Å²) in [5, 5.41) is 13.2. The van der Waals surface area contributed by atoms with Crippen molar-refractivity contribution in [3.05, 3.63) is 69.2 Å². The minimum atomic E-state index is -0.657. The third-order valence-corrected chi connectivity index (χ3v) is 4.63. The number of rotatable bonds is 4. The summed E-state index contributed by atoms with van der Waals surface area (Å²) in [6.07, 6.45) is 1.49. The van der Waals surface area contributed by atoms with Crippen LogP contribution in [-0.4, -0.2) is 15.1 Å². The van der Waals surface area contributed by atoms with E-state index in [4.69, 9.17) is 0 Å². The van der Waals surface area contributed by atoms with Crippen molar-refractivity contribution in [3.63, 3.8) is 0 Å². The predicted octanol–water partition coefficient (Wildman–Crippen LogP) is 4.24. The summed E-state index contributed by atoms with van der Waals surface area (Å²) in [6.45, 7) is 0. The number of hydrogen-bond donors (Lipinski definition) is 1. The van der Waals surface area contributed by atoms with Crippen LogP contribution in [0, 0.1) is 0 Å². The molecule has 0 aliphatic rings. The maximum Gasteiger partial charge on any atom is 0.103 e. The lowest BCUT2D eigenvalue weighted by atomic mass is 10.1.